The lowest BCUT2D eigenvalue weighted by molar-refractivity contribution is 0.655. The van der Waals surface area contributed by atoms with Gasteiger partial charge >= 0.3 is 0 Å². The lowest BCUT2D eigenvalue weighted by atomic mass is 10.2. The van der Waals surface area contributed by atoms with Crippen LogP contribution in [0.5, 0.6) is 0 Å². The average molecular weight is 208 g/mol. The summed E-state index contributed by atoms with van der Waals surface area (Å²) in [7, 11) is 3.77. The van der Waals surface area contributed by atoms with Crippen molar-refractivity contribution in [2.75, 3.05) is 7.05 Å². The Morgan fingerprint density at radius 1 is 1.57 bits per heavy atom. The van der Waals surface area contributed by atoms with Gasteiger partial charge in [-0.2, -0.15) is 15.0 Å². The first-order valence-corrected chi connectivity index (χ1v) is 5.26. The fourth-order valence-electron chi connectivity index (χ4n) is 1.26. The molecule has 5 heteroatoms. The normalized spacial score (nSPS) is 10.7. The number of thiophene rings is 1. The van der Waals surface area contributed by atoms with Gasteiger partial charge in [0.1, 0.15) is 5.69 Å². The topological polar surface area (TPSA) is 42.7 Å². The number of hydrogen-bond acceptors (Lipinski definition) is 4. The molecule has 0 aromatic carbocycles. The van der Waals surface area contributed by atoms with Gasteiger partial charge in [0, 0.05) is 29.4 Å². The molecule has 0 saturated heterocycles. The van der Waals surface area contributed by atoms with Crippen molar-refractivity contribution >= 4 is 11.3 Å². The van der Waals surface area contributed by atoms with Crippen LogP contribution in [-0.2, 0) is 13.6 Å². The van der Waals surface area contributed by atoms with E-state index in [-0.39, 0.29) is 0 Å². The standard InChI is InChI=1S/C9H12N4S/c1-10-4-8-3-7(6-14-8)9-5-11-13(2)12-9/h3,5-6,10H,4H2,1-2H3. The lowest BCUT2D eigenvalue weighted by Gasteiger charge is -1.91. The largest absolute Gasteiger partial charge is 0.315 e. The predicted octanol–water partition coefficient (Wildman–Crippen LogP) is 1.26. The molecule has 0 amide bonds. The third kappa shape index (κ3) is 1.83. The summed E-state index contributed by atoms with van der Waals surface area (Å²) >= 11 is 1.74. The van der Waals surface area contributed by atoms with Crippen LogP contribution >= 0.6 is 11.3 Å². The summed E-state index contributed by atoms with van der Waals surface area (Å²) in [5, 5.41) is 13.5. The molecule has 0 bridgehead atoms. The van der Waals surface area contributed by atoms with E-state index in [0.717, 1.165) is 17.8 Å². The van der Waals surface area contributed by atoms with Crippen LogP contribution in [0.15, 0.2) is 17.6 Å². The van der Waals surface area contributed by atoms with Crippen molar-refractivity contribution in [3.05, 3.63) is 22.5 Å². The maximum atomic E-state index is 4.25. The van der Waals surface area contributed by atoms with E-state index in [1.807, 2.05) is 14.1 Å². The highest BCUT2D eigenvalue weighted by atomic mass is 32.1. The highest BCUT2D eigenvalue weighted by Gasteiger charge is 2.04. The van der Waals surface area contributed by atoms with Gasteiger partial charge in [0.25, 0.3) is 0 Å². The van der Waals surface area contributed by atoms with E-state index in [1.165, 1.54) is 4.88 Å². The van der Waals surface area contributed by atoms with Gasteiger partial charge < -0.3 is 5.32 Å². The zero-order valence-electron chi connectivity index (χ0n) is 8.19. The molecule has 0 aliphatic rings. The van der Waals surface area contributed by atoms with Crippen LogP contribution in [0, 0.1) is 0 Å². The molecule has 0 spiro atoms. The van der Waals surface area contributed by atoms with Crippen LogP contribution in [0.25, 0.3) is 11.3 Å². The van der Waals surface area contributed by atoms with E-state index in [9.17, 15) is 0 Å². The molecule has 4 nitrogen and oxygen atoms in total. The second kappa shape index (κ2) is 3.89. The van der Waals surface area contributed by atoms with E-state index in [1.54, 1.807) is 22.3 Å². The number of nitrogens with one attached hydrogen (secondary N) is 1. The zero-order valence-corrected chi connectivity index (χ0v) is 9.01. The van der Waals surface area contributed by atoms with E-state index >= 15 is 0 Å². The van der Waals surface area contributed by atoms with Crippen LogP contribution < -0.4 is 5.32 Å². The molecule has 2 aromatic rings. The minimum atomic E-state index is 0.908. The molecule has 0 fully saturated rings. The Morgan fingerprint density at radius 3 is 3.07 bits per heavy atom. The summed E-state index contributed by atoms with van der Waals surface area (Å²) in [5.41, 5.74) is 2.08. The SMILES string of the molecule is CNCc1cc(-c2cnn(C)n2)cs1. The minimum Gasteiger partial charge on any atom is -0.315 e. The van der Waals surface area contributed by atoms with Gasteiger partial charge in [-0.3, -0.25) is 0 Å². The van der Waals surface area contributed by atoms with Crippen LogP contribution in [0.3, 0.4) is 0 Å². The second-order valence-electron chi connectivity index (χ2n) is 3.05. The second-order valence-corrected chi connectivity index (χ2v) is 4.05. The quantitative estimate of drug-likeness (QED) is 0.826. The van der Waals surface area contributed by atoms with E-state index in [2.05, 4.69) is 27.0 Å². The molecule has 1 N–H and O–H groups in total. The van der Waals surface area contributed by atoms with Crippen molar-refractivity contribution < 1.29 is 0 Å². The highest BCUT2D eigenvalue weighted by Crippen LogP contribution is 2.23. The molecule has 0 aliphatic heterocycles. The van der Waals surface area contributed by atoms with E-state index < -0.39 is 0 Å². The fourth-order valence-corrected chi connectivity index (χ4v) is 2.15. The third-order valence-electron chi connectivity index (χ3n) is 1.90. The van der Waals surface area contributed by atoms with Crippen LogP contribution in [0.4, 0.5) is 0 Å². The Bertz CT molecular complexity index is 418. The van der Waals surface area contributed by atoms with Gasteiger partial charge in [-0.25, -0.2) is 0 Å². The molecule has 14 heavy (non-hydrogen) atoms. The van der Waals surface area contributed by atoms with Crippen molar-refractivity contribution in [2.24, 2.45) is 7.05 Å². The predicted molar refractivity (Wildman–Crippen MR) is 57.1 cm³/mol. The van der Waals surface area contributed by atoms with E-state index in [0.29, 0.717) is 0 Å². The van der Waals surface area contributed by atoms with Gasteiger partial charge in [-0.15, -0.1) is 11.3 Å². The Morgan fingerprint density at radius 2 is 2.43 bits per heavy atom. The third-order valence-corrected chi connectivity index (χ3v) is 2.84. The first-order chi connectivity index (χ1) is 6.79. The monoisotopic (exact) mass is 208 g/mol. The van der Waals surface area contributed by atoms with Gasteiger partial charge in [-0.05, 0) is 13.1 Å². The molecule has 0 unspecified atom stereocenters. The molecule has 0 atom stereocenters. The van der Waals surface area contributed by atoms with Gasteiger partial charge in [0.15, 0.2) is 0 Å². The summed E-state index contributed by atoms with van der Waals surface area (Å²) in [6, 6.07) is 2.14. The van der Waals surface area contributed by atoms with Crippen molar-refractivity contribution in [3.63, 3.8) is 0 Å². The van der Waals surface area contributed by atoms with Crippen LogP contribution in [0.2, 0.25) is 0 Å². The zero-order chi connectivity index (χ0) is 9.97. The Balaban J connectivity index is 2.24. The summed E-state index contributed by atoms with van der Waals surface area (Å²) in [6.45, 7) is 0.908. The minimum absolute atomic E-state index is 0.908. The summed E-state index contributed by atoms with van der Waals surface area (Å²) in [6.07, 6.45) is 1.78. The molecule has 0 saturated carbocycles. The number of nitrogens with zero attached hydrogens (tertiary/aromatic N) is 3. The number of aryl methyl sites for hydroxylation is 1. The van der Waals surface area contributed by atoms with Crippen molar-refractivity contribution in [1.82, 2.24) is 20.3 Å². The number of hydrogen-bond donors (Lipinski definition) is 1. The summed E-state index contributed by atoms with van der Waals surface area (Å²) in [4.78, 5) is 2.89. The molecular weight excluding hydrogens is 196 g/mol. The van der Waals surface area contributed by atoms with Gasteiger partial charge in [0.05, 0.1) is 6.20 Å². The Kier molecular flexibility index (Phi) is 2.60. The van der Waals surface area contributed by atoms with Crippen LogP contribution in [-0.4, -0.2) is 22.0 Å². The first-order valence-electron chi connectivity index (χ1n) is 4.38. The molecule has 2 heterocycles. The number of aromatic nitrogens is 3. The fraction of sp³-hybridized carbons (Fsp3) is 0.333. The summed E-state index contributed by atoms with van der Waals surface area (Å²) < 4.78 is 0. The van der Waals surface area contributed by atoms with Crippen molar-refractivity contribution in [2.45, 2.75) is 6.54 Å². The molecular formula is C9H12N4S. The van der Waals surface area contributed by atoms with Crippen molar-refractivity contribution in [1.29, 1.82) is 0 Å². The number of rotatable bonds is 3. The lowest BCUT2D eigenvalue weighted by Crippen LogP contribution is -2.02. The van der Waals surface area contributed by atoms with Gasteiger partial charge in [-0.1, -0.05) is 0 Å². The Hall–Kier alpha value is -1.20. The molecule has 2 aromatic heterocycles. The molecule has 74 valence electrons. The maximum Gasteiger partial charge on any atom is 0.113 e. The Labute approximate surface area is 86.6 Å². The maximum absolute atomic E-state index is 4.25. The van der Waals surface area contributed by atoms with Crippen LogP contribution in [0.1, 0.15) is 4.88 Å². The smallest absolute Gasteiger partial charge is 0.113 e. The first kappa shape index (κ1) is 9.36. The van der Waals surface area contributed by atoms with Crippen molar-refractivity contribution in [3.8, 4) is 11.3 Å². The summed E-state index contributed by atoms with van der Waals surface area (Å²) in [5.74, 6) is 0. The molecule has 2 rings (SSSR count). The average Bonchev–Trinajstić information content (AvgIpc) is 2.74. The molecule has 0 aliphatic carbocycles. The highest BCUT2D eigenvalue weighted by molar-refractivity contribution is 7.10. The van der Waals surface area contributed by atoms with E-state index in [4.69, 9.17) is 0 Å². The van der Waals surface area contributed by atoms with Gasteiger partial charge in [0.2, 0.25) is 0 Å². The molecule has 0 radical (unpaired) electrons.